The minimum atomic E-state index is -0.839. The van der Waals surface area contributed by atoms with Crippen LogP contribution in [-0.4, -0.2) is 17.9 Å². The van der Waals surface area contributed by atoms with Gasteiger partial charge in [-0.3, -0.25) is 14.4 Å². The maximum atomic E-state index is 13.4. The summed E-state index contributed by atoms with van der Waals surface area (Å²) in [6, 6.07) is 26.3. The Balaban J connectivity index is 1.59. The Kier molecular flexibility index (Phi) is 4.18. The van der Waals surface area contributed by atoms with Crippen LogP contribution in [0.5, 0.6) is 0 Å². The van der Waals surface area contributed by atoms with Crippen molar-refractivity contribution in [2.24, 2.45) is 5.92 Å². The fourth-order valence-electron chi connectivity index (χ4n) is 4.15. The number of carbonyl (C=O) groups excluding carboxylic acids is 2. The molecule has 5 nitrogen and oxygen atoms in total. The fraction of sp³-hybridized carbons (Fsp3) is 0.167. The molecule has 2 heterocycles. The number of para-hydroxylation sites is 2. The number of hydroxylamine groups is 1. The zero-order valence-electron chi connectivity index (χ0n) is 15.9. The Hall–Kier alpha value is -3.44. The summed E-state index contributed by atoms with van der Waals surface area (Å²) in [5.74, 6) is -1.15. The number of amides is 2. The number of rotatable bonds is 3. The lowest BCUT2D eigenvalue weighted by Gasteiger charge is -2.28. The van der Waals surface area contributed by atoms with Crippen LogP contribution >= 0.6 is 0 Å². The Labute approximate surface area is 169 Å². The lowest BCUT2D eigenvalue weighted by atomic mass is 9.90. The van der Waals surface area contributed by atoms with Crippen LogP contribution < -0.4 is 9.96 Å². The number of imide groups is 1. The van der Waals surface area contributed by atoms with Crippen molar-refractivity contribution in [3.8, 4) is 0 Å². The average molecular weight is 384 g/mol. The summed E-state index contributed by atoms with van der Waals surface area (Å²) >= 11 is 0. The highest BCUT2D eigenvalue weighted by Gasteiger charge is 2.60. The van der Waals surface area contributed by atoms with E-state index >= 15 is 0 Å². The van der Waals surface area contributed by atoms with Crippen LogP contribution in [0.4, 0.5) is 11.4 Å². The number of hydrogen-bond donors (Lipinski definition) is 0. The molecule has 5 heteroatoms. The molecule has 3 aromatic carbocycles. The first-order valence-electron chi connectivity index (χ1n) is 9.65. The molecule has 3 unspecified atom stereocenters. The largest absolute Gasteiger partial charge is 0.273 e. The summed E-state index contributed by atoms with van der Waals surface area (Å²) in [5.41, 5.74) is 3.48. The minimum absolute atomic E-state index is 0.227. The van der Waals surface area contributed by atoms with Gasteiger partial charge in [-0.25, -0.2) is 9.96 Å². The van der Waals surface area contributed by atoms with Crippen LogP contribution in [0.1, 0.15) is 17.2 Å². The molecule has 2 fully saturated rings. The molecule has 2 aliphatic rings. The molecule has 0 N–H and O–H groups in total. The van der Waals surface area contributed by atoms with E-state index in [1.807, 2.05) is 79.7 Å². The van der Waals surface area contributed by atoms with Gasteiger partial charge in [-0.1, -0.05) is 66.2 Å². The van der Waals surface area contributed by atoms with Gasteiger partial charge in [-0.05, 0) is 36.8 Å². The zero-order chi connectivity index (χ0) is 20.0. The maximum Gasteiger partial charge on any atom is 0.266 e. The van der Waals surface area contributed by atoms with E-state index in [1.165, 1.54) is 4.90 Å². The van der Waals surface area contributed by atoms with Crippen molar-refractivity contribution in [2.45, 2.75) is 19.1 Å². The topological polar surface area (TPSA) is 49.9 Å². The summed E-state index contributed by atoms with van der Waals surface area (Å²) in [4.78, 5) is 34.0. The second-order valence-corrected chi connectivity index (χ2v) is 7.42. The minimum Gasteiger partial charge on any atom is -0.273 e. The first-order valence-corrected chi connectivity index (χ1v) is 9.65. The van der Waals surface area contributed by atoms with Crippen LogP contribution in [0.15, 0.2) is 84.9 Å². The molecule has 144 valence electrons. The van der Waals surface area contributed by atoms with E-state index in [9.17, 15) is 9.59 Å². The van der Waals surface area contributed by atoms with Gasteiger partial charge in [0, 0.05) is 0 Å². The zero-order valence-corrected chi connectivity index (χ0v) is 15.9. The normalized spacial score (nSPS) is 23.6. The fourth-order valence-corrected chi connectivity index (χ4v) is 4.15. The van der Waals surface area contributed by atoms with E-state index in [0.717, 1.165) is 16.8 Å². The van der Waals surface area contributed by atoms with Crippen LogP contribution in [0.2, 0.25) is 0 Å². The molecular formula is C24H20N2O3. The van der Waals surface area contributed by atoms with Gasteiger partial charge in [0.15, 0.2) is 6.10 Å². The number of anilines is 2. The quantitative estimate of drug-likeness (QED) is 0.640. The lowest BCUT2D eigenvalue weighted by Crippen LogP contribution is -2.37. The van der Waals surface area contributed by atoms with Crippen molar-refractivity contribution in [3.63, 3.8) is 0 Å². The SMILES string of the molecule is Cc1ccc(C2C3C(=O)N(c4ccccc4)C(=O)C3ON2c2ccccc2)cc1. The molecule has 2 aliphatic heterocycles. The molecule has 3 aromatic rings. The number of benzene rings is 3. The number of carbonyl (C=O) groups is 2. The third kappa shape index (κ3) is 2.82. The molecule has 0 radical (unpaired) electrons. The Bertz CT molecular complexity index is 1050. The van der Waals surface area contributed by atoms with Crippen molar-refractivity contribution in [1.29, 1.82) is 0 Å². The molecule has 2 amide bonds. The van der Waals surface area contributed by atoms with Crippen molar-refractivity contribution < 1.29 is 14.4 Å². The van der Waals surface area contributed by atoms with E-state index in [0.29, 0.717) is 5.69 Å². The van der Waals surface area contributed by atoms with Crippen LogP contribution in [0.25, 0.3) is 0 Å². The van der Waals surface area contributed by atoms with E-state index in [2.05, 4.69) is 0 Å². The van der Waals surface area contributed by atoms with E-state index in [-0.39, 0.29) is 17.9 Å². The smallest absolute Gasteiger partial charge is 0.266 e. The van der Waals surface area contributed by atoms with Gasteiger partial charge in [0.25, 0.3) is 5.91 Å². The molecule has 29 heavy (non-hydrogen) atoms. The molecule has 5 rings (SSSR count). The predicted octanol–water partition coefficient (Wildman–Crippen LogP) is 4.05. The molecule has 0 saturated carbocycles. The third-order valence-corrected chi connectivity index (χ3v) is 5.56. The van der Waals surface area contributed by atoms with Gasteiger partial charge in [-0.2, -0.15) is 0 Å². The van der Waals surface area contributed by atoms with E-state index in [4.69, 9.17) is 4.84 Å². The molecule has 0 aliphatic carbocycles. The van der Waals surface area contributed by atoms with Crippen LogP contribution in [0, 0.1) is 12.8 Å². The van der Waals surface area contributed by atoms with Gasteiger partial charge in [-0.15, -0.1) is 0 Å². The second-order valence-electron chi connectivity index (χ2n) is 7.42. The summed E-state index contributed by atoms with van der Waals surface area (Å²) in [7, 11) is 0. The molecular weight excluding hydrogens is 364 g/mol. The first kappa shape index (κ1) is 17.6. The molecule has 3 atom stereocenters. The Morgan fingerprint density at radius 3 is 1.93 bits per heavy atom. The number of nitrogens with zero attached hydrogens (tertiary/aromatic N) is 2. The Morgan fingerprint density at radius 2 is 1.31 bits per heavy atom. The average Bonchev–Trinajstić information content (AvgIpc) is 3.26. The van der Waals surface area contributed by atoms with Gasteiger partial charge in [0.05, 0.1) is 17.4 Å². The number of aryl methyl sites for hydroxylation is 1. The monoisotopic (exact) mass is 384 g/mol. The maximum absolute atomic E-state index is 13.4. The molecule has 0 spiro atoms. The number of fused-ring (bicyclic) bond motifs is 1. The predicted molar refractivity (Wildman–Crippen MR) is 110 cm³/mol. The number of hydrogen-bond acceptors (Lipinski definition) is 4. The van der Waals surface area contributed by atoms with Gasteiger partial charge in [0.2, 0.25) is 5.91 Å². The van der Waals surface area contributed by atoms with Gasteiger partial charge < -0.3 is 0 Å². The van der Waals surface area contributed by atoms with Crippen molar-refractivity contribution in [3.05, 3.63) is 96.1 Å². The summed E-state index contributed by atoms with van der Waals surface area (Å²) in [5, 5.41) is 1.72. The van der Waals surface area contributed by atoms with Gasteiger partial charge >= 0.3 is 0 Å². The van der Waals surface area contributed by atoms with Crippen molar-refractivity contribution in [1.82, 2.24) is 0 Å². The summed E-state index contributed by atoms with van der Waals surface area (Å²) in [6.45, 7) is 2.02. The molecule has 0 bridgehead atoms. The molecule has 2 saturated heterocycles. The second kappa shape index (κ2) is 6.87. The van der Waals surface area contributed by atoms with E-state index in [1.54, 1.807) is 17.2 Å². The van der Waals surface area contributed by atoms with Crippen molar-refractivity contribution in [2.75, 3.05) is 9.96 Å². The summed E-state index contributed by atoms with van der Waals surface area (Å²) < 4.78 is 0. The standard InChI is InChI=1S/C24H20N2O3/c1-16-12-14-17(15-13-16)21-20-22(29-26(21)19-10-6-3-7-11-19)24(28)25(23(20)27)18-8-4-2-5-9-18/h2-15,20-22H,1H3. The summed E-state index contributed by atoms with van der Waals surface area (Å²) in [6.07, 6.45) is -0.839. The lowest BCUT2D eigenvalue weighted by molar-refractivity contribution is -0.126. The highest BCUT2D eigenvalue weighted by Crippen LogP contribution is 2.47. The van der Waals surface area contributed by atoms with Crippen LogP contribution in [-0.2, 0) is 14.4 Å². The van der Waals surface area contributed by atoms with Crippen molar-refractivity contribution >= 4 is 23.2 Å². The Morgan fingerprint density at radius 1 is 0.724 bits per heavy atom. The van der Waals surface area contributed by atoms with Gasteiger partial charge in [0.1, 0.15) is 5.92 Å². The first-order chi connectivity index (χ1) is 14.1. The highest BCUT2D eigenvalue weighted by atomic mass is 16.7. The highest BCUT2D eigenvalue weighted by molar-refractivity contribution is 6.23. The molecule has 0 aromatic heterocycles. The van der Waals surface area contributed by atoms with E-state index < -0.39 is 12.0 Å². The third-order valence-electron chi connectivity index (χ3n) is 5.56. The van der Waals surface area contributed by atoms with Crippen LogP contribution in [0.3, 0.4) is 0 Å².